The molecule has 0 spiro atoms. The lowest BCUT2D eigenvalue weighted by Crippen LogP contribution is -2.55. The summed E-state index contributed by atoms with van der Waals surface area (Å²) in [6, 6.07) is 60.3. The van der Waals surface area contributed by atoms with Gasteiger partial charge in [0.05, 0.1) is 11.0 Å². The number of fused-ring (bicyclic) bond motifs is 14. The molecule has 238 valence electrons. The fourth-order valence-electron chi connectivity index (χ4n) is 9.78. The van der Waals surface area contributed by atoms with Gasteiger partial charge in [-0.1, -0.05) is 127 Å². The third-order valence-corrected chi connectivity index (χ3v) is 11.9. The van der Waals surface area contributed by atoms with Crippen LogP contribution in [0.25, 0.3) is 105 Å². The quantitative estimate of drug-likeness (QED) is 0.170. The summed E-state index contributed by atoms with van der Waals surface area (Å²) in [7, 11) is 0. The summed E-state index contributed by atoms with van der Waals surface area (Å²) in [6.45, 7) is -0.0588. The summed E-state index contributed by atoms with van der Waals surface area (Å²) in [6.07, 6.45) is 0. The Morgan fingerprint density at radius 2 is 1.15 bits per heavy atom. The van der Waals surface area contributed by atoms with E-state index in [4.69, 9.17) is 4.42 Å². The fourth-order valence-corrected chi connectivity index (χ4v) is 9.78. The number of benzene rings is 8. The molecule has 0 amide bonds. The van der Waals surface area contributed by atoms with Crippen molar-refractivity contribution in [1.29, 1.82) is 0 Å². The van der Waals surface area contributed by atoms with Crippen LogP contribution in [0.3, 0.4) is 0 Å². The minimum absolute atomic E-state index is 0.0588. The molecule has 0 unspecified atom stereocenters. The number of para-hydroxylation sites is 3. The summed E-state index contributed by atoms with van der Waals surface area (Å²) >= 11 is 0. The molecule has 0 atom stereocenters. The largest absolute Gasteiger partial charge is 0.455 e. The number of rotatable bonds is 2. The van der Waals surface area contributed by atoms with Crippen molar-refractivity contribution in [2.75, 3.05) is 0 Å². The van der Waals surface area contributed by atoms with E-state index < -0.39 is 0 Å². The first-order valence-corrected chi connectivity index (χ1v) is 18.1. The maximum atomic E-state index is 6.91. The average molecular weight is 659 g/mol. The van der Waals surface area contributed by atoms with E-state index in [0.717, 1.165) is 21.9 Å². The molecule has 13 rings (SSSR count). The molecule has 5 heterocycles. The number of furan rings is 1. The van der Waals surface area contributed by atoms with E-state index in [1.54, 1.807) is 0 Å². The topological polar surface area (TPSA) is 23.0 Å². The van der Waals surface area contributed by atoms with Crippen LogP contribution in [-0.2, 0) is 0 Å². The van der Waals surface area contributed by atoms with Gasteiger partial charge >= 0.3 is 6.85 Å². The highest BCUT2D eigenvalue weighted by Crippen LogP contribution is 2.47. The van der Waals surface area contributed by atoms with Gasteiger partial charge in [-0.3, -0.25) is 0 Å². The molecular weight excluding hydrogens is 631 g/mol. The molecule has 8 aromatic carbocycles. The zero-order valence-corrected chi connectivity index (χ0v) is 28.0. The van der Waals surface area contributed by atoms with Gasteiger partial charge in [0.25, 0.3) is 0 Å². The highest BCUT2D eigenvalue weighted by atomic mass is 16.3. The second kappa shape index (κ2) is 9.51. The Balaban J connectivity index is 1.28. The van der Waals surface area contributed by atoms with Crippen LogP contribution in [0, 0.1) is 0 Å². The van der Waals surface area contributed by atoms with Crippen molar-refractivity contribution in [1.82, 2.24) is 9.05 Å². The Bertz CT molecular complexity index is 3350. The van der Waals surface area contributed by atoms with E-state index in [9.17, 15) is 0 Å². The molecule has 0 aliphatic carbocycles. The summed E-state index contributed by atoms with van der Waals surface area (Å²) in [5, 5.41) is 7.41. The molecule has 0 N–H and O–H groups in total. The second-order valence-electron chi connectivity index (χ2n) is 14.4. The van der Waals surface area contributed by atoms with Gasteiger partial charge in [0, 0.05) is 60.2 Å². The zero-order valence-electron chi connectivity index (χ0n) is 28.0. The minimum Gasteiger partial charge on any atom is -0.455 e. The molecule has 3 aromatic heterocycles. The van der Waals surface area contributed by atoms with Crippen molar-refractivity contribution >= 4 is 83.3 Å². The molecule has 3 nitrogen and oxygen atoms in total. The predicted molar refractivity (Wildman–Crippen MR) is 218 cm³/mol. The number of hydrogen-bond acceptors (Lipinski definition) is 1. The van der Waals surface area contributed by atoms with Crippen LogP contribution in [0.5, 0.6) is 0 Å². The lowest BCUT2D eigenvalue weighted by atomic mass is 9.45. The summed E-state index contributed by atoms with van der Waals surface area (Å²) in [5.74, 6) is 0. The van der Waals surface area contributed by atoms with Gasteiger partial charge in [-0.05, 0) is 69.6 Å². The molecule has 11 aromatic rings. The van der Waals surface area contributed by atoms with Crippen molar-refractivity contribution < 1.29 is 4.42 Å². The molecule has 2 aliphatic rings. The Morgan fingerprint density at radius 1 is 0.442 bits per heavy atom. The molecular formula is C48H27BN2O. The monoisotopic (exact) mass is 658 g/mol. The van der Waals surface area contributed by atoms with Crippen LogP contribution in [0.15, 0.2) is 168 Å². The average Bonchev–Trinajstić information content (AvgIpc) is 3.87. The second-order valence-corrected chi connectivity index (χ2v) is 14.4. The molecule has 0 radical (unpaired) electrons. The molecule has 0 saturated heterocycles. The molecule has 2 aliphatic heterocycles. The smallest absolute Gasteiger partial charge is 0.333 e. The lowest BCUT2D eigenvalue weighted by molar-refractivity contribution is 0.670. The number of nitrogens with zero attached hydrogens (tertiary/aromatic N) is 2. The number of aromatic nitrogens is 2. The maximum absolute atomic E-state index is 6.91. The van der Waals surface area contributed by atoms with E-state index in [2.05, 4.69) is 173 Å². The van der Waals surface area contributed by atoms with Crippen molar-refractivity contribution in [2.24, 2.45) is 0 Å². The van der Waals surface area contributed by atoms with Crippen LogP contribution in [0.4, 0.5) is 0 Å². The first-order valence-electron chi connectivity index (χ1n) is 18.1. The lowest BCUT2D eigenvalue weighted by Gasteiger charge is -2.34. The Hall–Kier alpha value is -6.78. The minimum atomic E-state index is -0.0588. The van der Waals surface area contributed by atoms with Crippen LogP contribution < -0.4 is 10.9 Å². The van der Waals surface area contributed by atoms with Gasteiger partial charge in [-0.2, -0.15) is 0 Å². The van der Waals surface area contributed by atoms with Gasteiger partial charge in [0.2, 0.25) is 0 Å². The predicted octanol–water partition coefficient (Wildman–Crippen LogP) is 11.1. The van der Waals surface area contributed by atoms with Gasteiger partial charge in [0.15, 0.2) is 0 Å². The molecule has 52 heavy (non-hydrogen) atoms. The van der Waals surface area contributed by atoms with Crippen LogP contribution in [0.1, 0.15) is 0 Å². The van der Waals surface area contributed by atoms with Gasteiger partial charge in [-0.25, -0.2) is 0 Å². The molecule has 0 fully saturated rings. The van der Waals surface area contributed by atoms with E-state index >= 15 is 0 Å². The van der Waals surface area contributed by atoms with Crippen LogP contribution in [-0.4, -0.2) is 15.9 Å². The fraction of sp³-hybridized carbons (Fsp3) is 0. The molecule has 4 heteroatoms. The van der Waals surface area contributed by atoms with Gasteiger partial charge in [-0.15, -0.1) is 0 Å². The van der Waals surface area contributed by atoms with Crippen LogP contribution >= 0.6 is 0 Å². The van der Waals surface area contributed by atoms with Crippen molar-refractivity contribution in [3.63, 3.8) is 0 Å². The van der Waals surface area contributed by atoms with Crippen molar-refractivity contribution in [2.45, 2.75) is 0 Å². The summed E-state index contributed by atoms with van der Waals surface area (Å²) in [5.41, 5.74) is 18.1. The van der Waals surface area contributed by atoms with E-state index in [1.165, 1.54) is 93.6 Å². The Labute approximate surface area is 298 Å². The van der Waals surface area contributed by atoms with E-state index in [0.29, 0.717) is 0 Å². The van der Waals surface area contributed by atoms with Gasteiger partial charge in [0.1, 0.15) is 11.2 Å². The Morgan fingerprint density at radius 3 is 2.00 bits per heavy atom. The zero-order chi connectivity index (χ0) is 33.7. The van der Waals surface area contributed by atoms with Crippen molar-refractivity contribution in [3.8, 4) is 39.1 Å². The SMILES string of the molecule is c1ccc(-c2ccc3c(c2)c2cc(-c4ccccc4)cc4c2n3-c2cc3c(oc5ccccc53)c3c2B4n2c4ccccc4c4cccc-3c42)cc1. The van der Waals surface area contributed by atoms with Crippen molar-refractivity contribution in [3.05, 3.63) is 164 Å². The summed E-state index contributed by atoms with van der Waals surface area (Å²) < 4.78 is 12.1. The highest BCUT2D eigenvalue weighted by molar-refractivity contribution is 6.90. The Kier molecular flexibility index (Phi) is 4.94. The summed E-state index contributed by atoms with van der Waals surface area (Å²) in [4.78, 5) is 0. The van der Waals surface area contributed by atoms with Crippen LogP contribution in [0.2, 0.25) is 0 Å². The molecule has 0 saturated carbocycles. The maximum Gasteiger partial charge on any atom is 0.333 e. The third kappa shape index (κ3) is 3.24. The highest BCUT2D eigenvalue weighted by Gasteiger charge is 2.43. The first kappa shape index (κ1) is 27.0. The standard InChI is InChI=1S/C48H27BN2O/c1-3-12-28(13-4-1)30-22-23-40-36(24-30)37-25-31(29-14-5-2-6-15-29)26-39-47(37)50(40)42-27-38-33-17-8-10-21-43(33)52-48(38)44-35-19-11-18-34-32-16-7-9-20-41(32)51(46(34)35)49(39)45(42)44/h1-27H. The first-order chi connectivity index (χ1) is 25.8. The third-order valence-electron chi connectivity index (χ3n) is 11.9. The normalized spacial score (nSPS) is 13.0. The van der Waals surface area contributed by atoms with Gasteiger partial charge < -0.3 is 13.5 Å². The van der Waals surface area contributed by atoms with E-state index in [1.807, 2.05) is 0 Å². The number of hydrogen-bond donors (Lipinski definition) is 0. The van der Waals surface area contributed by atoms with E-state index in [-0.39, 0.29) is 6.85 Å². The molecule has 0 bridgehead atoms.